The summed E-state index contributed by atoms with van der Waals surface area (Å²) in [5, 5.41) is 21.1. The molecule has 0 aromatic rings. The lowest BCUT2D eigenvalue weighted by atomic mass is 9.77. The zero-order valence-corrected chi connectivity index (χ0v) is 11.5. The molecule has 1 unspecified atom stereocenters. The van der Waals surface area contributed by atoms with Crippen LogP contribution in [0.2, 0.25) is 0 Å². The van der Waals surface area contributed by atoms with E-state index in [9.17, 15) is 10.2 Å². The largest absolute Gasteiger partial charge is 0.390 e. The summed E-state index contributed by atoms with van der Waals surface area (Å²) in [7, 11) is 0. The van der Waals surface area contributed by atoms with Gasteiger partial charge in [0.2, 0.25) is 0 Å². The molecule has 0 saturated heterocycles. The molecule has 2 aliphatic carbocycles. The fourth-order valence-electron chi connectivity index (χ4n) is 3.60. The van der Waals surface area contributed by atoms with Crippen molar-refractivity contribution in [1.29, 1.82) is 0 Å². The van der Waals surface area contributed by atoms with E-state index in [-0.39, 0.29) is 11.8 Å². The van der Waals surface area contributed by atoms with E-state index < -0.39 is 11.2 Å². The van der Waals surface area contributed by atoms with E-state index in [2.05, 4.69) is 19.9 Å². The minimum atomic E-state index is -0.640. The first kappa shape index (κ1) is 13.1. The van der Waals surface area contributed by atoms with Gasteiger partial charge in [-0.2, -0.15) is 0 Å². The van der Waals surface area contributed by atoms with Crippen LogP contribution in [-0.4, -0.2) is 21.4 Å². The number of fused-ring (bicyclic) bond motifs is 1. The van der Waals surface area contributed by atoms with Crippen LogP contribution in [0.25, 0.3) is 0 Å². The van der Waals surface area contributed by atoms with Gasteiger partial charge >= 0.3 is 0 Å². The zero-order chi connectivity index (χ0) is 12.8. The van der Waals surface area contributed by atoms with Gasteiger partial charge in [-0.3, -0.25) is 0 Å². The quantitative estimate of drug-likeness (QED) is 0.690. The molecule has 2 rings (SSSR count). The van der Waals surface area contributed by atoms with Gasteiger partial charge in [-0.25, -0.2) is 0 Å². The molecule has 17 heavy (non-hydrogen) atoms. The molecule has 1 saturated carbocycles. The molecule has 0 aliphatic heterocycles. The Bertz CT molecular complexity index is 326. The van der Waals surface area contributed by atoms with Crippen molar-refractivity contribution in [2.24, 2.45) is 17.8 Å². The van der Waals surface area contributed by atoms with Crippen molar-refractivity contribution < 1.29 is 10.2 Å². The van der Waals surface area contributed by atoms with Gasteiger partial charge in [-0.05, 0) is 51.4 Å². The van der Waals surface area contributed by atoms with Crippen LogP contribution in [0.4, 0.5) is 0 Å². The second-order valence-corrected chi connectivity index (χ2v) is 6.78. The molecule has 2 heteroatoms. The maximum Gasteiger partial charge on any atom is 0.0686 e. The van der Waals surface area contributed by atoms with Crippen LogP contribution in [0.5, 0.6) is 0 Å². The highest BCUT2D eigenvalue weighted by atomic mass is 16.3. The molecule has 0 aromatic carbocycles. The van der Waals surface area contributed by atoms with E-state index in [1.54, 1.807) is 0 Å². The minimum absolute atomic E-state index is 0.123. The third kappa shape index (κ3) is 2.30. The van der Waals surface area contributed by atoms with Gasteiger partial charge in [0.05, 0.1) is 11.2 Å². The van der Waals surface area contributed by atoms with Crippen LogP contribution in [0, 0.1) is 17.8 Å². The Kier molecular flexibility index (Phi) is 3.16. The number of aliphatic hydroxyl groups is 2. The van der Waals surface area contributed by atoms with Crippen LogP contribution in [0.15, 0.2) is 11.6 Å². The average molecular weight is 238 g/mol. The summed E-state index contributed by atoms with van der Waals surface area (Å²) in [6.07, 6.45) is 5.80. The predicted octanol–water partition coefficient (Wildman–Crippen LogP) is 2.89. The van der Waals surface area contributed by atoms with E-state index in [4.69, 9.17) is 0 Å². The van der Waals surface area contributed by atoms with Crippen LogP contribution >= 0.6 is 0 Å². The Labute approximate surface area is 105 Å². The van der Waals surface area contributed by atoms with Gasteiger partial charge in [0.25, 0.3) is 0 Å². The number of allylic oxidation sites excluding steroid dienone is 1. The van der Waals surface area contributed by atoms with Gasteiger partial charge in [0.15, 0.2) is 0 Å². The van der Waals surface area contributed by atoms with Gasteiger partial charge in [-0.1, -0.05) is 25.5 Å². The van der Waals surface area contributed by atoms with Gasteiger partial charge in [0.1, 0.15) is 0 Å². The molecule has 0 radical (unpaired) electrons. The second-order valence-electron chi connectivity index (χ2n) is 6.78. The Balaban J connectivity index is 2.37. The molecular formula is C15H26O2. The first-order chi connectivity index (χ1) is 7.74. The molecule has 1 fully saturated rings. The summed E-state index contributed by atoms with van der Waals surface area (Å²) in [4.78, 5) is 0. The van der Waals surface area contributed by atoms with Crippen LogP contribution in [0.1, 0.15) is 53.4 Å². The molecule has 0 spiro atoms. The highest BCUT2D eigenvalue weighted by molar-refractivity contribution is 5.19. The van der Waals surface area contributed by atoms with Crippen molar-refractivity contribution in [3.8, 4) is 0 Å². The van der Waals surface area contributed by atoms with E-state index in [1.165, 1.54) is 5.57 Å². The third-order valence-electron chi connectivity index (χ3n) is 4.97. The monoisotopic (exact) mass is 238 g/mol. The van der Waals surface area contributed by atoms with Crippen LogP contribution in [-0.2, 0) is 0 Å². The van der Waals surface area contributed by atoms with Crippen LogP contribution in [0.3, 0.4) is 0 Å². The molecule has 4 atom stereocenters. The lowest BCUT2D eigenvalue weighted by Gasteiger charge is -2.34. The van der Waals surface area contributed by atoms with Crippen molar-refractivity contribution in [3.63, 3.8) is 0 Å². The van der Waals surface area contributed by atoms with Gasteiger partial charge in [0, 0.05) is 5.92 Å². The Morgan fingerprint density at radius 2 is 1.82 bits per heavy atom. The maximum atomic E-state index is 10.6. The highest BCUT2D eigenvalue weighted by Crippen LogP contribution is 2.50. The summed E-state index contributed by atoms with van der Waals surface area (Å²) in [5.41, 5.74) is 0.136. The topological polar surface area (TPSA) is 40.5 Å². The molecule has 2 N–H and O–H groups in total. The number of hydrogen-bond donors (Lipinski definition) is 2. The van der Waals surface area contributed by atoms with Crippen LogP contribution < -0.4 is 0 Å². The molecule has 0 bridgehead atoms. The molecule has 2 nitrogen and oxygen atoms in total. The molecule has 98 valence electrons. The fraction of sp³-hybridized carbons (Fsp3) is 0.867. The summed E-state index contributed by atoms with van der Waals surface area (Å²) in [5.74, 6) is 0.854. The molecule has 0 amide bonds. The Hall–Kier alpha value is -0.340. The highest BCUT2D eigenvalue weighted by Gasteiger charge is 2.50. The predicted molar refractivity (Wildman–Crippen MR) is 69.6 cm³/mol. The summed E-state index contributed by atoms with van der Waals surface area (Å²) in [6.45, 7) is 8.27. The average Bonchev–Trinajstić information content (AvgIpc) is 2.39. The second kappa shape index (κ2) is 4.10. The van der Waals surface area contributed by atoms with E-state index >= 15 is 0 Å². The summed E-state index contributed by atoms with van der Waals surface area (Å²) in [6, 6.07) is 0. The molecule has 0 aromatic heterocycles. The SMILES string of the molecule is CC(C)C1=CC2[C@H](CC[C@@]2(C)O)[C@@](C)(O)CC1. The van der Waals surface area contributed by atoms with E-state index in [1.807, 2.05) is 13.8 Å². The lowest BCUT2D eigenvalue weighted by Crippen LogP contribution is -2.40. The van der Waals surface area contributed by atoms with Crippen molar-refractivity contribution in [3.05, 3.63) is 11.6 Å². The van der Waals surface area contributed by atoms with Gasteiger partial charge < -0.3 is 10.2 Å². The standard InChI is InChI=1S/C15H26O2/c1-10(2)11-5-7-14(3,16)12-6-8-15(4,17)13(12)9-11/h9-10,12-13,16-17H,5-8H2,1-4H3/t12-,13?,14-,15+/m0/s1. The van der Waals surface area contributed by atoms with Crippen molar-refractivity contribution in [2.45, 2.75) is 64.6 Å². The van der Waals surface area contributed by atoms with Gasteiger partial charge in [-0.15, -0.1) is 0 Å². The normalized spacial score (nSPS) is 46.6. The molecule has 2 aliphatic rings. The van der Waals surface area contributed by atoms with E-state index in [0.29, 0.717) is 5.92 Å². The number of hydrogen-bond acceptors (Lipinski definition) is 2. The Morgan fingerprint density at radius 3 is 2.41 bits per heavy atom. The maximum absolute atomic E-state index is 10.6. The fourth-order valence-corrected chi connectivity index (χ4v) is 3.60. The molecular weight excluding hydrogens is 212 g/mol. The smallest absolute Gasteiger partial charge is 0.0686 e. The van der Waals surface area contributed by atoms with Crippen molar-refractivity contribution in [2.75, 3.05) is 0 Å². The summed E-state index contributed by atoms with van der Waals surface area (Å²) >= 11 is 0. The minimum Gasteiger partial charge on any atom is -0.390 e. The Morgan fingerprint density at radius 1 is 1.18 bits per heavy atom. The van der Waals surface area contributed by atoms with Crippen molar-refractivity contribution in [1.82, 2.24) is 0 Å². The van der Waals surface area contributed by atoms with E-state index in [0.717, 1.165) is 25.7 Å². The zero-order valence-electron chi connectivity index (χ0n) is 11.5. The number of rotatable bonds is 1. The summed E-state index contributed by atoms with van der Waals surface area (Å²) < 4.78 is 0. The molecule has 0 heterocycles. The first-order valence-corrected chi connectivity index (χ1v) is 6.89. The van der Waals surface area contributed by atoms with Crippen molar-refractivity contribution >= 4 is 0 Å². The first-order valence-electron chi connectivity index (χ1n) is 6.89. The third-order valence-corrected chi connectivity index (χ3v) is 4.97. The lowest BCUT2D eigenvalue weighted by molar-refractivity contribution is -0.0419.